The van der Waals surface area contributed by atoms with Gasteiger partial charge in [-0.15, -0.1) is 0 Å². The number of aliphatic imine (C=N–C) groups is 6. The summed E-state index contributed by atoms with van der Waals surface area (Å²) in [7, 11) is 0. The molecule has 6 heterocycles. The minimum atomic E-state index is 0.316. The zero-order chi connectivity index (χ0) is 32.6. The molecule has 0 N–H and O–H groups in total. The van der Waals surface area contributed by atoms with Crippen LogP contribution in [0.5, 0.6) is 0 Å². The van der Waals surface area contributed by atoms with Crippen molar-refractivity contribution in [2.24, 2.45) is 30.0 Å². The quantitative estimate of drug-likeness (QED) is 0.198. The fourth-order valence-corrected chi connectivity index (χ4v) is 5.62. The van der Waals surface area contributed by atoms with Crippen molar-refractivity contribution in [3.8, 4) is 33.8 Å². The maximum Gasteiger partial charge on any atom is 0.243 e. The van der Waals surface area contributed by atoms with Crippen molar-refractivity contribution in [3.05, 3.63) is 163 Å². The summed E-state index contributed by atoms with van der Waals surface area (Å²) in [5.74, 6) is 2.05. The van der Waals surface area contributed by atoms with E-state index in [9.17, 15) is 0 Å². The molecule has 0 bridgehead atoms. The first-order valence-corrected chi connectivity index (χ1v) is 15.7. The lowest BCUT2D eigenvalue weighted by Crippen LogP contribution is -2.48. The molecule has 3 aliphatic rings. The molecule has 10 heteroatoms. The second-order valence-corrected chi connectivity index (χ2v) is 11.2. The molecule has 0 atom stereocenters. The zero-order valence-electron chi connectivity index (χ0n) is 25.8. The van der Waals surface area contributed by atoms with Crippen molar-refractivity contribution in [1.82, 2.24) is 19.9 Å². The third kappa shape index (κ3) is 5.43. The van der Waals surface area contributed by atoms with Gasteiger partial charge in [0.05, 0.1) is 17.1 Å². The van der Waals surface area contributed by atoms with Gasteiger partial charge in [0.1, 0.15) is 17.1 Å². The van der Waals surface area contributed by atoms with Crippen molar-refractivity contribution in [2.75, 3.05) is 0 Å². The molecule has 6 aromatic rings. The number of hydrogen-bond donors (Lipinski definition) is 0. The standard InChI is InChI=1S/C39H24N10/c1-4-13-25(14-5-1)28-19-10-22-31(40-28)34-43-37-45-35(32-23-11-20-29(41-32)26-15-6-2-7-16-26)47-39-48-36(46-38(44-34)49(37)39)33-24-12-21-30(42-33)27-17-8-3-9-18-27/h1-24H. The van der Waals surface area contributed by atoms with Crippen LogP contribution in [0.1, 0.15) is 17.1 Å². The van der Waals surface area contributed by atoms with Gasteiger partial charge in [0.25, 0.3) is 0 Å². The third-order valence-electron chi connectivity index (χ3n) is 7.98. The van der Waals surface area contributed by atoms with Crippen molar-refractivity contribution in [2.45, 2.75) is 0 Å². The molecule has 0 spiro atoms. The van der Waals surface area contributed by atoms with E-state index in [2.05, 4.69) is 0 Å². The van der Waals surface area contributed by atoms with Crippen molar-refractivity contribution in [1.29, 1.82) is 0 Å². The molecule has 0 unspecified atom stereocenters. The normalized spacial score (nSPS) is 14.8. The third-order valence-corrected chi connectivity index (χ3v) is 7.98. The molecule has 0 radical (unpaired) electrons. The second kappa shape index (κ2) is 11.9. The lowest BCUT2D eigenvalue weighted by Gasteiger charge is -2.30. The number of amidine groups is 3. The van der Waals surface area contributed by atoms with E-state index in [-0.39, 0.29) is 0 Å². The van der Waals surface area contributed by atoms with Crippen LogP contribution in [0.25, 0.3) is 33.8 Å². The topological polar surface area (TPSA) is 116 Å². The summed E-state index contributed by atoms with van der Waals surface area (Å²) in [5, 5.41) is 0. The van der Waals surface area contributed by atoms with E-state index < -0.39 is 0 Å². The van der Waals surface area contributed by atoms with Crippen LogP contribution in [-0.4, -0.2) is 55.2 Å². The summed E-state index contributed by atoms with van der Waals surface area (Å²) in [6.45, 7) is 0. The fourth-order valence-electron chi connectivity index (χ4n) is 5.62. The zero-order valence-corrected chi connectivity index (χ0v) is 25.8. The van der Waals surface area contributed by atoms with Crippen LogP contribution in [0.4, 0.5) is 0 Å². The number of aromatic nitrogens is 3. The van der Waals surface area contributed by atoms with E-state index in [0.717, 1.165) is 33.8 Å². The molecule has 0 aliphatic carbocycles. The highest BCUT2D eigenvalue weighted by atomic mass is 15.5. The first-order chi connectivity index (χ1) is 24.2. The highest BCUT2D eigenvalue weighted by molar-refractivity contribution is 6.33. The van der Waals surface area contributed by atoms with Crippen LogP contribution < -0.4 is 0 Å². The highest BCUT2D eigenvalue weighted by Crippen LogP contribution is 2.25. The van der Waals surface area contributed by atoms with E-state index in [0.29, 0.717) is 52.5 Å². The Labute approximate surface area is 281 Å². The Balaban J connectivity index is 1.19. The van der Waals surface area contributed by atoms with Crippen LogP contribution in [0.3, 0.4) is 0 Å². The van der Waals surface area contributed by atoms with Gasteiger partial charge in [-0.2, -0.15) is 30.0 Å². The van der Waals surface area contributed by atoms with E-state index in [1.165, 1.54) is 0 Å². The van der Waals surface area contributed by atoms with Crippen molar-refractivity contribution in [3.63, 3.8) is 0 Å². The second-order valence-electron chi connectivity index (χ2n) is 11.2. The van der Waals surface area contributed by atoms with E-state index >= 15 is 0 Å². The summed E-state index contributed by atoms with van der Waals surface area (Å²) < 4.78 is 0. The molecule has 3 aliphatic heterocycles. The lowest BCUT2D eigenvalue weighted by molar-refractivity contribution is 0.826. The Bertz CT molecular complexity index is 2160. The van der Waals surface area contributed by atoms with Gasteiger partial charge in [-0.3, -0.25) is 0 Å². The Morgan fingerprint density at radius 2 is 0.551 bits per heavy atom. The Morgan fingerprint density at radius 3 is 0.857 bits per heavy atom. The molecule has 230 valence electrons. The van der Waals surface area contributed by atoms with Gasteiger partial charge >= 0.3 is 0 Å². The first kappa shape index (κ1) is 28.2. The number of hydrogen-bond acceptors (Lipinski definition) is 10. The molecule has 0 amide bonds. The molecule has 3 aromatic carbocycles. The predicted octanol–water partition coefficient (Wildman–Crippen LogP) is 6.92. The lowest BCUT2D eigenvalue weighted by atomic mass is 10.1. The molecule has 3 aromatic heterocycles. The minimum Gasteiger partial charge on any atom is -0.244 e. The van der Waals surface area contributed by atoms with E-state index in [1.807, 2.05) is 146 Å². The van der Waals surface area contributed by atoms with Gasteiger partial charge < -0.3 is 0 Å². The predicted molar refractivity (Wildman–Crippen MR) is 193 cm³/mol. The molecule has 9 rings (SSSR count). The van der Waals surface area contributed by atoms with E-state index in [4.69, 9.17) is 44.9 Å². The summed E-state index contributed by atoms with van der Waals surface area (Å²) in [6.07, 6.45) is 0. The van der Waals surface area contributed by atoms with Crippen LogP contribution in [0.15, 0.2) is 176 Å². The van der Waals surface area contributed by atoms with Crippen LogP contribution in [0, 0.1) is 0 Å². The Kier molecular flexibility index (Phi) is 6.87. The van der Waals surface area contributed by atoms with Crippen LogP contribution >= 0.6 is 0 Å². The number of benzene rings is 3. The monoisotopic (exact) mass is 632 g/mol. The maximum atomic E-state index is 4.91. The molecule has 0 saturated carbocycles. The van der Waals surface area contributed by atoms with E-state index in [1.54, 1.807) is 4.90 Å². The Hall–Kier alpha value is -7.07. The molecule has 0 saturated heterocycles. The number of guanidine groups is 3. The number of rotatable bonds is 6. The summed E-state index contributed by atoms with van der Waals surface area (Å²) in [4.78, 5) is 45.6. The highest BCUT2D eigenvalue weighted by Gasteiger charge is 2.36. The summed E-state index contributed by atoms with van der Waals surface area (Å²) in [5.41, 5.74) is 7.10. The van der Waals surface area contributed by atoms with Gasteiger partial charge in [0, 0.05) is 16.7 Å². The van der Waals surface area contributed by atoms with Crippen LogP contribution in [-0.2, 0) is 0 Å². The summed E-state index contributed by atoms with van der Waals surface area (Å²) in [6, 6.07) is 47.3. The van der Waals surface area contributed by atoms with Gasteiger partial charge in [0.15, 0.2) is 17.5 Å². The Morgan fingerprint density at radius 1 is 0.265 bits per heavy atom. The largest absolute Gasteiger partial charge is 0.244 e. The summed E-state index contributed by atoms with van der Waals surface area (Å²) >= 11 is 0. The molecular weight excluding hydrogens is 608 g/mol. The smallest absolute Gasteiger partial charge is 0.243 e. The van der Waals surface area contributed by atoms with Crippen molar-refractivity contribution < 1.29 is 0 Å². The molecule has 49 heavy (non-hydrogen) atoms. The molecular formula is C39H24N10. The van der Waals surface area contributed by atoms with Crippen molar-refractivity contribution >= 4 is 35.4 Å². The van der Waals surface area contributed by atoms with Crippen LogP contribution in [0.2, 0.25) is 0 Å². The minimum absolute atomic E-state index is 0.316. The SMILES string of the molecule is c1ccc(-c2cccc(C3=NC4=NC(c5cccc(-c6ccccc6)n5)=NC5=NC(c6cccc(-c7ccccc7)n6)=NC(=N3)N45)n2)cc1. The van der Waals surface area contributed by atoms with Gasteiger partial charge in [-0.25, -0.2) is 19.9 Å². The average Bonchev–Trinajstić information content (AvgIpc) is 3.19. The number of pyridine rings is 3. The molecule has 10 nitrogen and oxygen atoms in total. The fraction of sp³-hybridized carbons (Fsp3) is 0. The first-order valence-electron chi connectivity index (χ1n) is 15.7. The van der Waals surface area contributed by atoms with Gasteiger partial charge in [0.2, 0.25) is 17.9 Å². The number of nitrogens with zero attached hydrogens (tertiary/aromatic N) is 10. The molecule has 0 fully saturated rings. The van der Waals surface area contributed by atoms with Gasteiger partial charge in [-0.05, 0) is 36.4 Å². The van der Waals surface area contributed by atoms with Gasteiger partial charge in [-0.1, -0.05) is 109 Å². The average molecular weight is 633 g/mol. The maximum absolute atomic E-state index is 4.91.